The maximum Gasteiger partial charge on any atom is 0.269 e. The molecule has 0 bridgehead atoms. The quantitative estimate of drug-likeness (QED) is 0.483. The van der Waals surface area contributed by atoms with Gasteiger partial charge >= 0.3 is 0 Å². The van der Waals surface area contributed by atoms with Gasteiger partial charge in [0.05, 0.1) is 16.3 Å². The van der Waals surface area contributed by atoms with Crippen LogP contribution in [-0.4, -0.2) is 59.8 Å². The van der Waals surface area contributed by atoms with Crippen LogP contribution < -0.4 is 15.5 Å². The largest absolute Gasteiger partial charge is 0.336 e. The van der Waals surface area contributed by atoms with E-state index in [0.717, 1.165) is 45.2 Å². The molecule has 194 valence electrons. The van der Waals surface area contributed by atoms with Gasteiger partial charge < -0.3 is 20.4 Å². The van der Waals surface area contributed by atoms with Gasteiger partial charge in [-0.15, -0.1) is 0 Å². The lowest BCUT2D eigenvalue weighted by Gasteiger charge is -2.37. The van der Waals surface area contributed by atoms with E-state index in [9.17, 15) is 24.5 Å². The summed E-state index contributed by atoms with van der Waals surface area (Å²) in [5.74, 6) is -0.457. The zero-order chi connectivity index (χ0) is 25.9. The van der Waals surface area contributed by atoms with Crippen molar-refractivity contribution in [3.63, 3.8) is 0 Å². The van der Waals surface area contributed by atoms with Crippen molar-refractivity contribution >= 4 is 34.8 Å². The first-order valence-electron chi connectivity index (χ1n) is 12.9. The number of nitro groups is 1. The number of non-ortho nitro benzene ring substituents is 1. The Balaban J connectivity index is 1.54. The van der Waals surface area contributed by atoms with Gasteiger partial charge in [-0.2, -0.15) is 0 Å². The highest BCUT2D eigenvalue weighted by Gasteiger charge is 2.38. The topological polar surface area (TPSA) is 125 Å². The zero-order valence-corrected chi connectivity index (χ0v) is 20.7. The van der Waals surface area contributed by atoms with Gasteiger partial charge in [0.15, 0.2) is 0 Å². The van der Waals surface area contributed by atoms with E-state index in [2.05, 4.69) is 10.6 Å². The zero-order valence-electron chi connectivity index (χ0n) is 20.7. The third-order valence-electron chi connectivity index (χ3n) is 7.65. The average molecular weight is 506 g/mol. The number of nitro benzene ring substituents is 1. The van der Waals surface area contributed by atoms with E-state index in [0.29, 0.717) is 35.6 Å². The summed E-state index contributed by atoms with van der Waals surface area (Å²) in [7, 11) is 0. The number of fused-ring (bicyclic) bond motifs is 1. The molecule has 3 aliphatic rings. The average Bonchev–Trinajstić information content (AvgIpc) is 3.08. The molecule has 1 aliphatic carbocycles. The summed E-state index contributed by atoms with van der Waals surface area (Å²) in [4.78, 5) is 54.3. The number of amides is 3. The van der Waals surface area contributed by atoms with Crippen molar-refractivity contribution in [3.8, 4) is 0 Å². The van der Waals surface area contributed by atoms with Crippen LogP contribution in [0.4, 0.5) is 17.1 Å². The van der Waals surface area contributed by atoms with Crippen LogP contribution in [0.2, 0.25) is 0 Å². The van der Waals surface area contributed by atoms with E-state index in [1.54, 1.807) is 28.0 Å². The van der Waals surface area contributed by atoms with E-state index >= 15 is 0 Å². The van der Waals surface area contributed by atoms with Crippen LogP contribution in [-0.2, 0) is 4.79 Å². The van der Waals surface area contributed by atoms with Crippen molar-refractivity contribution in [1.82, 2.24) is 10.2 Å². The van der Waals surface area contributed by atoms with E-state index in [1.807, 2.05) is 0 Å². The van der Waals surface area contributed by atoms with Gasteiger partial charge in [0.1, 0.15) is 0 Å². The van der Waals surface area contributed by atoms with Crippen molar-refractivity contribution in [1.29, 1.82) is 0 Å². The van der Waals surface area contributed by atoms with Gasteiger partial charge in [0, 0.05) is 61.9 Å². The summed E-state index contributed by atoms with van der Waals surface area (Å²) in [6, 6.07) is 10.3. The molecule has 2 aromatic carbocycles. The molecule has 2 fully saturated rings. The smallest absolute Gasteiger partial charge is 0.269 e. The Morgan fingerprint density at radius 3 is 2.27 bits per heavy atom. The Kier molecular flexibility index (Phi) is 7.18. The molecule has 3 amide bonds. The number of nitrogens with one attached hydrogen (secondary N) is 2. The second-order valence-corrected chi connectivity index (χ2v) is 9.97. The lowest BCUT2D eigenvalue weighted by atomic mass is 9.81. The number of nitrogens with zero attached hydrogens (tertiary/aromatic N) is 3. The highest BCUT2D eigenvalue weighted by molar-refractivity contribution is 6.12. The second-order valence-electron chi connectivity index (χ2n) is 9.97. The van der Waals surface area contributed by atoms with Crippen molar-refractivity contribution in [2.45, 2.75) is 44.6 Å². The molecule has 5 rings (SSSR count). The molecule has 1 saturated carbocycles. The van der Waals surface area contributed by atoms with E-state index in [4.69, 9.17) is 0 Å². The molecule has 2 aromatic rings. The van der Waals surface area contributed by atoms with Crippen LogP contribution in [0.5, 0.6) is 0 Å². The minimum Gasteiger partial charge on any atom is -0.336 e. The summed E-state index contributed by atoms with van der Waals surface area (Å²) >= 11 is 0. The number of benzene rings is 2. The molecule has 2 heterocycles. The SMILES string of the molecule is O=C1CC(C2CCCCC2)N(C(=O)c2ccc([N+](=O)[O-])cc2)c2ccc(C(=O)N3CCNCC3)cc2N1. The van der Waals surface area contributed by atoms with Crippen molar-refractivity contribution in [2.75, 3.05) is 36.4 Å². The van der Waals surface area contributed by atoms with E-state index in [-0.39, 0.29) is 41.8 Å². The lowest BCUT2D eigenvalue weighted by Crippen LogP contribution is -2.46. The number of carbonyl (C=O) groups is 3. The predicted molar refractivity (Wildman–Crippen MR) is 139 cm³/mol. The van der Waals surface area contributed by atoms with Crippen molar-refractivity contribution < 1.29 is 19.3 Å². The van der Waals surface area contributed by atoms with Crippen LogP contribution in [0.1, 0.15) is 59.2 Å². The van der Waals surface area contributed by atoms with Crippen LogP contribution >= 0.6 is 0 Å². The first-order chi connectivity index (χ1) is 17.9. The summed E-state index contributed by atoms with van der Waals surface area (Å²) in [6.07, 6.45) is 5.24. The summed E-state index contributed by atoms with van der Waals surface area (Å²) in [5.41, 5.74) is 1.65. The lowest BCUT2D eigenvalue weighted by molar-refractivity contribution is -0.384. The van der Waals surface area contributed by atoms with Crippen molar-refractivity contribution in [2.24, 2.45) is 5.92 Å². The molecule has 10 heteroatoms. The normalized spacial score (nSPS) is 20.5. The predicted octanol–water partition coefficient (Wildman–Crippen LogP) is 3.58. The van der Waals surface area contributed by atoms with Crippen LogP contribution in [0.15, 0.2) is 42.5 Å². The van der Waals surface area contributed by atoms with Gasteiger partial charge in [0.2, 0.25) is 5.91 Å². The third-order valence-corrected chi connectivity index (χ3v) is 7.65. The maximum atomic E-state index is 14.0. The molecule has 1 unspecified atom stereocenters. The molecule has 37 heavy (non-hydrogen) atoms. The summed E-state index contributed by atoms with van der Waals surface area (Å²) in [5, 5.41) is 17.3. The molecule has 0 aromatic heterocycles. The van der Waals surface area contributed by atoms with Gasteiger partial charge in [0.25, 0.3) is 17.5 Å². The molecule has 10 nitrogen and oxygen atoms in total. The molecule has 0 spiro atoms. The fourth-order valence-corrected chi connectivity index (χ4v) is 5.71. The van der Waals surface area contributed by atoms with E-state index < -0.39 is 4.92 Å². The molecule has 1 saturated heterocycles. The fraction of sp³-hybridized carbons (Fsp3) is 0.444. The molecule has 2 aliphatic heterocycles. The first-order valence-corrected chi connectivity index (χ1v) is 12.9. The van der Waals surface area contributed by atoms with Crippen molar-refractivity contribution in [3.05, 3.63) is 63.7 Å². The monoisotopic (exact) mass is 505 g/mol. The second kappa shape index (κ2) is 10.7. The Hall–Kier alpha value is -3.79. The number of rotatable bonds is 4. The van der Waals surface area contributed by atoms with Crippen LogP contribution in [0.25, 0.3) is 0 Å². The highest BCUT2D eigenvalue weighted by Crippen LogP contribution is 2.39. The summed E-state index contributed by atoms with van der Waals surface area (Å²) < 4.78 is 0. The number of hydrogen-bond donors (Lipinski definition) is 2. The summed E-state index contributed by atoms with van der Waals surface area (Å²) in [6.45, 7) is 2.68. The molecule has 1 atom stereocenters. The molecular formula is C27H31N5O5. The first kappa shape index (κ1) is 24.9. The minimum atomic E-state index is -0.500. The molecular weight excluding hydrogens is 474 g/mol. The van der Waals surface area contributed by atoms with Crippen LogP contribution in [0.3, 0.4) is 0 Å². The highest BCUT2D eigenvalue weighted by atomic mass is 16.6. The Morgan fingerprint density at radius 2 is 1.59 bits per heavy atom. The number of hydrogen-bond acceptors (Lipinski definition) is 6. The molecule has 0 radical (unpaired) electrons. The Morgan fingerprint density at radius 1 is 0.919 bits per heavy atom. The fourth-order valence-electron chi connectivity index (χ4n) is 5.71. The van der Waals surface area contributed by atoms with Gasteiger partial charge in [-0.1, -0.05) is 19.3 Å². The molecule has 2 N–H and O–H groups in total. The Labute approximate surface area is 215 Å². The van der Waals surface area contributed by atoms with Gasteiger partial charge in [-0.25, -0.2) is 0 Å². The van der Waals surface area contributed by atoms with Gasteiger partial charge in [-0.3, -0.25) is 24.5 Å². The number of piperazine rings is 1. The van der Waals surface area contributed by atoms with Crippen LogP contribution in [0, 0.1) is 16.0 Å². The van der Waals surface area contributed by atoms with E-state index in [1.165, 1.54) is 24.3 Å². The number of carbonyl (C=O) groups excluding carboxylic acids is 3. The maximum absolute atomic E-state index is 14.0. The van der Waals surface area contributed by atoms with Gasteiger partial charge in [-0.05, 0) is 49.1 Å². The minimum absolute atomic E-state index is 0.0930. The standard InChI is InChI=1S/C27H31N5O5/c33-25-17-24(18-4-2-1-3-5-18)31(27(35)19-6-9-21(10-7-19)32(36)37)23-11-8-20(16-22(23)29-25)26(34)30-14-12-28-13-15-30/h6-11,16,18,24,28H,1-5,12-15,17H2,(H,29,33). The Bertz CT molecular complexity index is 1200. The third kappa shape index (κ3) is 5.20. The number of anilines is 2.